The first-order chi connectivity index (χ1) is 20.4. The van der Waals surface area contributed by atoms with Crippen molar-refractivity contribution in [3.8, 4) is 11.1 Å². The van der Waals surface area contributed by atoms with E-state index >= 15 is 0 Å². The summed E-state index contributed by atoms with van der Waals surface area (Å²) in [5.74, 6) is -0.508. The number of benzene rings is 2. The molecule has 1 aromatic heterocycles. The molecule has 3 aromatic rings. The molecule has 3 rings (SSSR count). The molecule has 0 bridgehead atoms. The number of nitrogens with two attached hydrogens (primary N) is 2. The summed E-state index contributed by atoms with van der Waals surface area (Å²) in [7, 11) is -2.38. The molecule has 0 aliphatic heterocycles. The van der Waals surface area contributed by atoms with Crippen molar-refractivity contribution in [2.45, 2.75) is 46.6 Å². The highest BCUT2D eigenvalue weighted by Gasteiger charge is 2.26. The average molecular weight is 645 g/mol. The summed E-state index contributed by atoms with van der Waals surface area (Å²) < 4.78 is 28.0. The topological polar surface area (TPSA) is 216 Å². The van der Waals surface area contributed by atoms with Crippen molar-refractivity contribution in [3.05, 3.63) is 52.9 Å². The van der Waals surface area contributed by atoms with Crippen LogP contribution in [0, 0.1) is 17.7 Å². The number of carbonyl (C=O) groups is 2. The van der Waals surface area contributed by atoms with E-state index in [9.17, 15) is 18.0 Å². The van der Waals surface area contributed by atoms with E-state index < -0.39 is 15.9 Å². The lowest BCUT2D eigenvalue weighted by Gasteiger charge is -2.18. The van der Waals surface area contributed by atoms with Crippen LogP contribution in [0.4, 0.5) is 16.2 Å². The predicted molar refractivity (Wildman–Crippen MR) is 174 cm³/mol. The number of aryl methyl sites for hydroxylation is 1. The molecular weight excluding hydrogens is 609 g/mol. The van der Waals surface area contributed by atoms with Gasteiger partial charge in [0.15, 0.2) is 5.96 Å². The van der Waals surface area contributed by atoms with Gasteiger partial charge in [-0.3, -0.25) is 15.6 Å². The lowest BCUT2D eigenvalue weighted by atomic mass is 9.97. The zero-order valence-electron chi connectivity index (χ0n) is 24.1. The van der Waals surface area contributed by atoms with Crippen molar-refractivity contribution >= 4 is 68.0 Å². The molecule has 0 unspecified atom stereocenters. The molecule has 2 aromatic carbocycles. The summed E-state index contributed by atoms with van der Waals surface area (Å²) in [4.78, 5) is 24.7. The van der Waals surface area contributed by atoms with Crippen molar-refractivity contribution in [2.75, 3.05) is 30.5 Å². The normalized spacial score (nSPS) is 11.0. The van der Waals surface area contributed by atoms with Crippen molar-refractivity contribution in [1.29, 1.82) is 10.8 Å². The van der Waals surface area contributed by atoms with Gasteiger partial charge in [-0.05, 0) is 67.5 Å². The standard InChI is InChI=1S/C28H36N8O4S3/c1-16-12-18(35-27(31)32)14-20(36-28(38)34-11-6-4-5-10-23(37)33-2)24(16)17-8-7-9-19(13-17)43(39,40)22-15-21(25(29)30)42-26(22)41-3/h7-9,12-15H,4-6,10-11H2,1-3H3,(H3,29,30)(H,33,37)(H4,31,32,35)(H2,34,36,38). The number of carbonyl (C=O) groups excluding carboxylic acids is 2. The van der Waals surface area contributed by atoms with Crippen molar-refractivity contribution in [2.24, 2.45) is 11.5 Å². The monoisotopic (exact) mass is 644 g/mol. The number of unbranched alkanes of at least 4 members (excludes halogenated alkanes) is 2. The molecule has 0 radical (unpaired) electrons. The summed E-state index contributed by atoms with van der Waals surface area (Å²) in [5.41, 5.74) is 13.9. The van der Waals surface area contributed by atoms with Crippen LogP contribution in [-0.2, 0) is 14.6 Å². The Balaban J connectivity index is 1.93. The Kier molecular flexibility index (Phi) is 11.6. The highest BCUT2D eigenvalue weighted by Crippen LogP contribution is 2.39. The molecule has 3 amide bonds. The molecule has 0 fully saturated rings. The number of hydrogen-bond donors (Lipinski definition) is 8. The van der Waals surface area contributed by atoms with Gasteiger partial charge in [0, 0.05) is 31.3 Å². The van der Waals surface area contributed by atoms with Gasteiger partial charge in [-0.15, -0.1) is 23.1 Å². The van der Waals surface area contributed by atoms with E-state index in [1.54, 1.807) is 50.6 Å². The molecule has 10 N–H and O–H groups in total. The van der Waals surface area contributed by atoms with E-state index in [4.69, 9.17) is 22.3 Å². The zero-order chi connectivity index (χ0) is 31.7. The summed E-state index contributed by atoms with van der Waals surface area (Å²) >= 11 is 2.42. The molecule has 0 aliphatic rings. The Morgan fingerprint density at radius 1 is 1.02 bits per heavy atom. The van der Waals surface area contributed by atoms with E-state index in [0.29, 0.717) is 63.0 Å². The third kappa shape index (κ3) is 8.72. The highest BCUT2D eigenvalue weighted by atomic mass is 32.2. The maximum Gasteiger partial charge on any atom is 0.319 e. The van der Waals surface area contributed by atoms with E-state index in [-0.39, 0.29) is 27.5 Å². The molecule has 0 saturated heterocycles. The van der Waals surface area contributed by atoms with Gasteiger partial charge in [-0.1, -0.05) is 18.6 Å². The average Bonchev–Trinajstić information content (AvgIpc) is 3.40. The third-order valence-corrected chi connectivity index (χ3v) is 10.7. The number of guanidine groups is 1. The lowest BCUT2D eigenvalue weighted by molar-refractivity contribution is -0.120. The Labute approximate surface area is 259 Å². The van der Waals surface area contributed by atoms with E-state index in [1.165, 1.54) is 23.9 Å². The summed E-state index contributed by atoms with van der Waals surface area (Å²) in [5, 5.41) is 26.3. The fourth-order valence-electron chi connectivity index (χ4n) is 4.34. The van der Waals surface area contributed by atoms with Crippen LogP contribution >= 0.6 is 23.1 Å². The molecule has 1 heterocycles. The fraction of sp³-hybridized carbons (Fsp3) is 0.286. The van der Waals surface area contributed by atoms with Gasteiger partial charge in [0.1, 0.15) is 5.84 Å². The summed E-state index contributed by atoms with van der Waals surface area (Å²) in [6, 6.07) is 10.7. The predicted octanol–water partition coefficient (Wildman–Crippen LogP) is 4.30. The minimum Gasteiger partial charge on any atom is -0.383 e. The molecule has 15 heteroatoms. The van der Waals surface area contributed by atoms with Crippen LogP contribution < -0.4 is 32.7 Å². The Morgan fingerprint density at radius 3 is 2.42 bits per heavy atom. The van der Waals surface area contributed by atoms with E-state index in [0.717, 1.165) is 17.8 Å². The number of hydrogen-bond acceptors (Lipinski definition) is 8. The number of nitrogens with one attached hydrogen (secondary N) is 6. The number of urea groups is 1. The first kappa shape index (κ1) is 33.4. The highest BCUT2D eigenvalue weighted by molar-refractivity contribution is 8.01. The van der Waals surface area contributed by atoms with Gasteiger partial charge in [0.25, 0.3) is 0 Å². The molecular formula is C28H36N8O4S3. The smallest absolute Gasteiger partial charge is 0.319 e. The SMILES string of the molecule is CNC(=O)CCCCCNC(=O)Nc1cc(NC(=N)N)cc(C)c1-c1cccc(S(=O)(=O)c2cc(C(=N)N)sc2SC)c1. The van der Waals surface area contributed by atoms with Gasteiger partial charge in [-0.25, -0.2) is 13.2 Å². The largest absolute Gasteiger partial charge is 0.383 e. The van der Waals surface area contributed by atoms with Gasteiger partial charge >= 0.3 is 6.03 Å². The van der Waals surface area contributed by atoms with Crippen molar-refractivity contribution < 1.29 is 18.0 Å². The Morgan fingerprint density at radius 2 is 1.77 bits per heavy atom. The number of amidine groups is 1. The second kappa shape index (κ2) is 14.9. The lowest BCUT2D eigenvalue weighted by Crippen LogP contribution is -2.30. The quantitative estimate of drug-likeness (QED) is 0.0579. The summed E-state index contributed by atoms with van der Waals surface area (Å²) in [6.45, 7) is 2.20. The summed E-state index contributed by atoms with van der Waals surface area (Å²) in [6.07, 6.45) is 4.37. The van der Waals surface area contributed by atoms with Crippen LogP contribution in [0.5, 0.6) is 0 Å². The second-order valence-electron chi connectivity index (χ2n) is 9.53. The van der Waals surface area contributed by atoms with Gasteiger partial charge in [-0.2, -0.15) is 0 Å². The van der Waals surface area contributed by atoms with Crippen LogP contribution in [0.25, 0.3) is 11.1 Å². The van der Waals surface area contributed by atoms with E-state index in [2.05, 4.69) is 21.3 Å². The number of thioether (sulfide) groups is 1. The molecule has 0 aliphatic carbocycles. The second-order valence-corrected chi connectivity index (χ2v) is 13.6. The molecule has 0 atom stereocenters. The number of amides is 3. The fourth-order valence-corrected chi connectivity index (χ4v) is 8.25. The van der Waals surface area contributed by atoms with Crippen LogP contribution in [0.15, 0.2) is 56.5 Å². The van der Waals surface area contributed by atoms with Crippen LogP contribution in [0.3, 0.4) is 0 Å². The molecule has 12 nitrogen and oxygen atoms in total. The zero-order valence-corrected chi connectivity index (χ0v) is 26.5. The number of anilines is 2. The van der Waals surface area contributed by atoms with Gasteiger partial charge in [0.2, 0.25) is 15.7 Å². The molecule has 43 heavy (non-hydrogen) atoms. The van der Waals surface area contributed by atoms with Gasteiger partial charge in [0.05, 0.1) is 24.6 Å². The molecule has 230 valence electrons. The van der Waals surface area contributed by atoms with Gasteiger partial charge < -0.3 is 32.7 Å². The number of rotatable bonds is 13. The Bertz CT molecular complexity index is 1640. The molecule has 0 spiro atoms. The Hall–Kier alpha value is -4.08. The molecule has 0 saturated carbocycles. The van der Waals surface area contributed by atoms with Crippen LogP contribution in [-0.4, -0.2) is 52.0 Å². The maximum absolute atomic E-state index is 13.7. The van der Waals surface area contributed by atoms with Crippen LogP contribution in [0.1, 0.15) is 36.1 Å². The minimum absolute atomic E-state index is 0.0228. The third-order valence-electron chi connectivity index (χ3n) is 6.35. The van der Waals surface area contributed by atoms with E-state index in [1.807, 2.05) is 0 Å². The van der Waals surface area contributed by atoms with Crippen LogP contribution in [0.2, 0.25) is 0 Å². The minimum atomic E-state index is -3.97. The number of thiophene rings is 1. The number of sulfone groups is 1. The first-order valence-corrected chi connectivity index (χ1v) is 16.8. The van der Waals surface area contributed by atoms with Crippen molar-refractivity contribution in [3.63, 3.8) is 0 Å². The van der Waals surface area contributed by atoms with Crippen molar-refractivity contribution in [1.82, 2.24) is 10.6 Å². The first-order valence-electron chi connectivity index (χ1n) is 13.3. The number of nitrogen functional groups attached to an aromatic ring is 1. The maximum atomic E-state index is 13.7.